The summed E-state index contributed by atoms with van der Waals surface area (Å²) in [4.78, 5) is 35.1. The third-order valence-electron chi connectivity index (χ3n) is 1.86. The van der Waals surface area contributed by atoms with Gasteiger partial charge in [-0.25, -0.2) is 24.5 Å². The van der Waals surface area contributed by atoms with Gasteiger partial charge < -0.3 is 15.2 Å². The van der Waals surface area contributed by atoms with Crippen molar-refractivity contribution < 1.29 is 19.8 Å². The Kier molecular flexibility index (Phi) is 2.04. The standard InChI is InChI=1S/C8H6N4O4/c1-2-9-3-4(7(13)14)11-6(8(15)16)12-5(3)10-2/h1H3,(H,13,14)(H,15,16)(H,9,10,11,12). The van der Waals surface area contributed by atoms with Gasteiger partial charge >= 0.3 is 11.9 Å². The van der Waals surface area contributed by atoms with E-state index in [0.29, 0.717) is 5.82 Å². The van der Waals surface area contributed by atoms with Crippen LogP contribution < -0.4 is 0 Å². The van der Waals surface area contributed by atoms with Crippen LogP contribution in [-0.4, -0.2) is 42.1 Å². The summed E-state index contributed by atoms with van der Waals surface area (Å²) in [5, 5.41) is 17.6. The molecule has 0 amide bonds. The van der Waals surface area contributed by atoms with Crippen molar-refractivity contribution in [1.29, 1.82) is 0 Å². The van der Waals surface area contributed by atoms with Gasteiger partial charge in [-0.1, -0.05) is 0 Å². The van der Waals surface area contributed by atoms with E-state index >= 15 is 0 Å². The second-order valence-electron chi connectivity index (χ2n) is 3.03. The second kappa shape index (κ2) is 3.26. The van der Waals surface area contributed by atoms with Crippen molar-refractivity contribution >= 4 is 23.1 Å². The molecule has 0 aliphatic heterocycles. The van der Waals surface area contributed by atoms with Crippen molar-refractivity contribution in [1.82, 2.24) is 19.9 Å². The molecule has 0 radical (unpaired) electrons. The highest BCUT2D eigenvalue weighted by molar-refractivity contribution is 5.99. The average Bonchev–Trinajstić information content (AvgIpc) is 2.55. The highest BCUT2D eigenvalue weighted by Crippen LogP contribution is 2.13. The van der Waals surface area contributed by atoms with Gasteiger partial charge in [-0.15, -0.1) is 0 Å². The Balaban J connectivity index is 2.83. The van der Waals surface area contributed by atoms with Crippen molar-refractivity contribution in [3.63, 3.8) is 0 Å². The minimum Gasteiger partial charge on any atom is -0.476 e. The number of aryl methyl sites for hydroxylation is 1. The first kappa shape index (κ1) is 10.0. The monoisotopic (exact) mass is 222 g/mol. The van der Waals surface area contributed by atoms with E-state index in [1.54, 1.807) is 6.92 Å². The lowest BCUT2D eigenvalue weighted by molar-refractivity contribution is 0.0681. The van der Waals surface area contributed by atoms with Crippen LogP contribution in [0.2, 0.25) is 0 Å². The minimum atomic E-state index is -1.40. The summed E-state index contributed by atoms with van der Waals surface area (Å²) in [7, 11) is 0. The van der Waals surface area contributed by atoms with Crippen molar-refractivity contribution in [3.05, 3.63) is 17.3 Å². The largest absolute Gasteiger partial charge is 0.476 e. The maximum Gasteiger partial charge on any atom is 0.374 e. The fraction of sp³-hybridized carbons (Fsp3) is 0.125. The summed E-state index contributed by atoms with van der Waals surface area (Å²) in [6.45, 7) is 1.60. The number of imidazole rings is 1. The van der Waals surface area contributed by atoms with Gasteiger partial charge in [0, 0.05) is 0 Å². The zero-order valence-corrected chi connectivity index (χ0v) is 8.05. The van der Waals surface area contributed by atoms with E-state index < -0.39 is 23.5 Å². The van der Waals surface area contributed by atoms with Crippen LogP contribution in [-0.2, 0) is 0 Å². The Bertz CT molecular complexity index is 603. The van der Waals surface area contributed by atoms with Crippen LogP contribution in [0.15, 0.2) is 0 Å². The van der Waals surface area contributed by atoms with Crippen LogP contribution in [0.25, 0.3) is 11.2 Å². The third-order valence-corrected chi connectivity index (χ3v) is 1.86. The van der Waals surface area contributed by atoms with Gasteiger partial charge in [0.25, 0.3) is 0 Å². The molecule has 0 unspecified atom stereocenters. The number of nitrogens with one attached hydrogen (secondary N) is 1. The van der Waals surface area contributed by atoms with Gasteiger partial charge in [-0.2, -0.15) is 0 Å². The molecule has 0 aliphatic rings. The molecule has 8 nitrogen and oxygen atoms in total. The second-order valence-corrected chi connectivity index (χ2v) is 3.03. The smallest absolute Gasteiger partial charge is 0.374 e. The molecular formula is C8H6N4O4. The van der Waals surface area contributed by atoms with Crippen LogP contribution in [0.4, 0.5) is 0 Å². The number of aromatic nitrogens is 4. The normalized spacial score (nSPS) is 10.6. The van der Waals surface area contributed by atoms with Gasteiger partial charge in [-0.3, -0.25) is 0 Å². The lowest BCUT2D eigenvalue weighted by Crippen LogP contribution is -2.10. The van der Waals surface area contributed by atoms with Crippen molar-refractivity contribution in [2.75, 3.05) is 0 Å². The Hall–Kier alpha value is -2.51. The molecule has 2 rings (SSSR count). The SMILES string of the molecule is Cc1nc2nc(C(=O)O)nc(C(=O)O)c2[nH]1. The number of nitrogens with zero attached hydrogens (tertiary/aromatic N) is 3. The third kappa shape index (κ3) is 1.45. The van der Waals surface area contributed by atoms with Crippen molar-refractivity contribution in [3.8, 4) is 0 Å². The number of H-pyrrole nitrogens is 1. The lowest BCUT2D eigenvalue weighted by atomic mass is 10.3. The fourth-order valence-corrected chi connectivity index (χ4v) is 1.26. The molecule has 0 atom stereocenters. The summed E-state index contributed by atoms with van der Waals surface area (Å²) < 4.78 is 0. The van der Waals surface area contributed by atoms with Gasteiger partial charge in [0.05, 0.1) is 0 Å². The molecule has 0 fully saturated rings. The first-order valence-electron chi connectivity index (χ1n) is 4.20. The van der Waals surface area contributed by atoms with Gasteiger partial charge in [0.15, 0.2) is 11.3 Å². The Morgan fingerprint density at radius 2 is 1.81 bits per heavy atom. The summed E-state index contributed by atoms with van der Waals surface area (Å²) in [6, 6.07) is 0. The summed E-state index contributed by atoms with van der Waals surface area (Å²) in [6.07, 6.45) is 0. The van der Waals surface area contributed by atoms with Gasteiger partial charge in [-0.05, 0) is 6.92 Å². The molecule has 0 saturated carbocycles. The number of aromatic amines is 1. The van der Waals surface area contributed by atoms with Crippen LogP contribution in [0.1, 0.15) is 26.9 Å². The predicted octanol–water partition coefficient (Wildman–Crippen LogP) is 0.0577. The predicted molar refractivity (Wildman–Crippen MR) is 50.3 cm³/mol. The number of hydrogen-bond acceptors (Lipinski definition) is 5. The molecule has 0 aliphatic carbocycles. The van der Waals surface area contributed by atoms with Crippen LogP contribution in [0.5, 0.6) is 0 Å². The molecule has 16 heavy (non-hydrogen) atoms. The van der Waals surface area contributed by atoms with Crippen LogP contribution in [0.3, 0.4) is 0 Å². The maximum absolute atomic E-state index is 10.9. The molecule has 2 aromatic rings. The van der Waals surface area contributed by atoms with E-state index in [2.05, 4.69) is 19.9 Å². The number of aromatic carboxylic acids is 2. The molecular weight excluding hydrogens is 216 g/mol. The Morgan fingerprint density at radius 3 is 2.38 bits per heavy atom. The molecule has 3 N–H and O–H groups in total. The highest BCUT2D eigenvalue weighted by atomic mass is 16.4. The molecule has 8 heteroatoms. The van der Waals surface area contributed by atoms with Crippen LogP contribution >= 0.6 is 0 Å². The first-order valence-corrected chi connectivity index (χ1v) is 4.20. The molecule has 2 heterocycles. The average molecular weight is 222 g/mol. The first-order chi connectivity index (χ1) is 7.49. The topological polar surface area (TPSA) is 129 Å². The number of hydrogen-bond donors (Lipinski definition) is 3. The summed E-state index contributed by atoms with van der Waals surface area (Å²) in [5.74, 6) is -2.88. The lowest BCUT2D eigenvalue weighted by Gasteiger charge is -1.97. The van der Waals surface area contributed by atoms with E-state index in [1.807, 2.05) is 0 Å². The zero-order chi connectivity index (χ0) is 11.9. The van der Waals surface area contributed by atoms with E-state index in [-0.39, 0.29) is 11.2 Å². The molecule has 0 bridgehead atoms. The quantitative estimate of drug-likeness (QED) is 0.654. The number of fused-ring (bicyclic) bond motifs is 1. The van der Waals surface area contributed by atoms with E-state index in [0.717, 1.165) is 0 Å². The maximum atomic E-state index is 10.9. The highest BCUT2D eigenvalue weighted by Gasteiger charge is 2.19. The Morgan fingerprint density at radius 1 is 1.12 bits per heavy atom. The summed E-state index contributed by atoms with van der Waals surface area (Å²) >= 11 is 0. The molecule has 82 valence electrons. The molecule has 0 spiro atoms. The van der Waals surface area contributed by atoms with E-state index in [4.69, 9.17) is 10.2 Å². The molecule has 0 aromatic carbocycles. The number of carbonyl (C=O) groups is 2. The number of rotatable bonds is 2. The molecule has 0 saturated heterocycles. The van der Waals surface area contributed by atoms with E-state index in [9.17, 15) is 9.59 Å². The van der Waals surface area contributed by atoms with Gasteiger partial charge in [0.1, 0.15) is 11.3 Å². The van der Waals surface area contributed by atoms with Crippen LogP contribution in [0, 0.1) is 6.92 Å². The number of carboxylic acids is 2. The number of carboxylic acid groups (broad SMARTS) is 2. The zero-order valence-electron chi connectivity index (χ0n) is 8.05. The molecule has 2 aromatic heterocycles. The van der Waals surface area contributed by atoms with E-state index in [1.165, 1.54) is 0 Å². The fourth-order valence-electron chi connectivity index (χ4n) is 1.26. The van der Waals surface area contributed by atoms with Crippen molar-refractivity contribution in [2.24, 2.45) is 0 Å². The Labute approximate surface area is 88.0 Å². The summed E-state index contributed by atoms with van der Waals surface area (Å²) in [5.41, 5.74) is -0.250. The minimum absolute atomic E-state index is 0.0299. The van der Waals surface area contributed by atoms with Gasteiger partial charge in [0.2, 0.25) is 5.82 Å². The van der Waals surface area contributed by atoms with Crippen molar-refractivity contribution in [2.45, 2.75) is 6.92 Å².